The summed E-state index contributed by atoms with van der Waals surface area (Å²) >= 11 is -0.867. The van der Waals surface area contributed by atoms with Crippen LogP contribution >= 0.6 is 20.3 Å². The number of rotatable bonds is 11. The predicted octanol–water partition coefficient (Wildman–Crippen LogP) is 4.93. The van der Waals surface area contributed by atoms with Gasteiger partial charge in [-0.15, -0.1) is 10.2 Å². The van der Waals surface area contributed by atoms with Gasteiger partial charge in [-0.1, -0.05) is 0 Å². The summed E-state index contributed by atoms with van der Waals surface area (Å²) < 4.78 is 42.8. The summed E-state index contributed by atoms with van der Waals surface area (Å²) in [4.78, 5) is 11.4. The van der Waals surface area contributed by atoms with Gasteiger partial charge in [0.2, 0.25) is 5.88 Å². The molecule has 210 valence electrons. The number of aromatic nitrogens is 2. The van der Waals surface area contributed by atoms with E-state index in [1.807, 2.05) is 30.3 Å². The number of amidine groups is 1. The molecule has 41 heavy (non-hydrogen) atoms. The van der Waals surface area contributed by atoms with Crippen molar-refractivity contribution in [3.8, 4) is 5.88 Å². The van der Waals surface area contributed by atoms with Crippen LogP contribution < -0.4 is 14.5 Å². The molecule has 2 aromatic carbocycles. The van der Waals surface area contributed by atoms with E-state index < -0.39 is 33.2 Å². The summed E-state index contributed by atoms with van der Waals surface area (Å²) in [5, 5.41) is 26.5. The number of para-hydroxylation sites is 1. The minimum atomic E-state index is -3.91. The van der Waals surface area contributed by atoms with Gasteiger partial charge in [0, 0.05) is 6.07 Å². The fraction of sp³-hybridized carbons (Fsp3) is 0.125. The maximum Gasteiger partial charge on any atom is -0.110 e. The largest absolute Gasteiger partial charge is 0.128 e. The summed E-state index contributed by atoms with van der Waals surface area (Å²) in [5.41, 5.74) is 2.36. The number of hydrazone groups is 1. The first kappa shape index (κ1) is 30.6. The molecule has 0 unspecified atom stereocenters. The first-order valence-corrected chi connectivity index (χ1v) is 21.0. The topological polar surface area (TPSA) is 172 Å². The average molecular weight is 806 g/mol. The van der Waals surface area contributed by atoms with Crippen LogP contribution in [0.1, 0.15) is 13.8 Å². The monoisotopic (exact) mass is 806 g/mol. The number of ether oxygens (including phenoxy) is 1. The molecule has 0 spiro atoms. The molecule has 0 amide bonds. The van der Waals surface area contributed by atoms with Gasteiger partial charge in [0.05, 0.1) is 7.11 Å². The summed E-state index contributed by atoms with van der Waals surface area (Å²) in [6, 6.07) is 18.1. The van der Waals surface area contributed by atoms with Crippen molar-refractivity contribution in [1.82, 2.24) is 10.2 Å². The Balaban J connectivity index is 1.49. The van der Waals surface area contributed by atoms with E-state index in [4.69, 9.17) is 12.8 Å². The normalized spacial score (nSPS) is 14.7. The Morgan fingerprint density at radius 2 is 1.80 bits per heavy atom. The zero-order valence-electron chi connectivity index (χ0n) is 21.8. The van der Waals surface area contributed by atoms with Gasteiger partial charge < -0.3 is 4.74 Å². The van der Waals surface area contributed by atoms with Crippen molar-refractivity contribution >= 4 is 88.2 Å². The number of nitrogens with zero attached hydrogens (tertiary/aromatic N) is 6. The third-order valence-electron chi connectivity index (χ3n) is 5.10. The molecule has 1 aliphatic rings. The van der Waals surface area contributed by atoms with Crippen LogP contribution in [-0.4, -0.2) is 66.4 Å². The van der Waals surface area contributed by atoms with Crippen LogP contribution in [0.4, 0.5) is 17.2 Å². The van der Waals surface area contributed by atoms with E-state index in [2.05, 4.69) is 29.7 Å². The molecule has 17 heteroatoms. The molecule has 13 nitrogen and oxygen atoms in total. The quantitative estimate of drug-likeness (QED) is 0.154. The number of carbonyl (C=O) groups excluding carboxylic acids is 1. The van der Waals surface area contributed by atoms with Crippen LogP contribution in [0, 0.1) is 5.41 Å². The third kappa shape index (κ3) is 8.11. The number of hydrogen-bond donors (Lipinski definition) is 2. The van der Waals surface area contributed by atoms with Crippen LogP contribution in [0.2, 0.25) is 0 Å². The molecule has 0 saturated heterocycles. The van der Waals surface area contributed by atoms with Crippen molar-refractivity contribution in [3.05, 3.63) is 76.5 Å². The van der Waals surface area contributed by atoms with Crippen molar-refractivity contribution in [2.24, 2.45) is 14.7 Å². The van der Waals surface area contributed by atoms with Crippen molar-refractivity contribution in [2.45, 2.75) is 18.7 Å². The van der Waals surface area contributed by atoms with Crippen molar-refractivity contribution in [2.75, 3.05) is 16.8 Å². The first-order valence-electron chi connectivity index (χ1n) is 11.6. The summed E-state index contributed by atoms with van der Waals surface area (Å²) in [6.07, 6.45) is 0. The van der Waals surface area contributed by atoms with Crippen LogP contribution in [0.3, 0.4) is 0 Å². The van der Waals surface area contributed by atoms with Gasteiger partial charge in [-0.2, -0.15) is 0 Å². The molecule has 1 aromatic heterocycles. The van der Waals surface area contributed by atoms with Crippen molar-refractivity contribution in [1.29, 1.82) is 5.41 Å². The van der Waals surface area contributed by atoms with E-state index in [0.29, 0.717) is 21.2 Å². The van der Waals surface area contributed by atoms with Gasteiger partial charge >= 0.3 is 217 Å². The zero-order valence-corrected chi connectivity index (χ0v) is 28.1. The minimum Gasteiger partial charge on any atom is -0.128 e. The SMILES string of the molecule is COc1ccc(NS(=O)(=O)c2ccc(N=NS/C([S][Pb][O]C(C)=O)=C3\C(=N)N(c4ccccc4)N=C3C)cc2)nn1. The predicted molar refractivity (Wildman–Crippen MR) is 160 cm³/mol. The number of carbonyl (C=O) groups is 1. The van der Waals surface area contributed by atoms with Crippen molar-refractivity contribution < 1.29 is 20.6 Å². The Morgan fingerprint density at radius 3 is 2.44 bits per heavy atom. The van der Waals surface area contributed by atoms with Crippen molar-refractivity contribution in [3.63, 3.8) is 0 Å². The second-order valence-corrected chi connectivity index (χ2v) is 16.5. The minimum absolute atomic E-state index is 0.00195. The molecule has 3 aromatic rings. The Hall–Kier alpha value is -3.36. The van der Waals surface area contributed by atoms with E-state index in [1.54, 1.807) is 6.92 Å². The Kier molecular flexibility index (Phi) is 10.5. The summed E-state index contributed by atoms with van der Waals surface area (Å²) in [6.45, 7) is 3.16. The fourth-order valence-corrected chi connectivity index (χ4v) is 11.7. The van der Waals surface area contributed by atoms with E-state index >= 15 is 0 Å². The van der Waals surface area contributed by atoms with E-state index in [0.717, 1.165) is 17.6 Å². The van der Waals surface area contributed by atoms with Gasteiger partial charge in [0.25, 0.3) is 0 Å². The fourth-order valence-electron chi connectivity index (χ4n) is 3.24. The molecular weight excluding hydrogens is 784 g/mol. The molecule has 2 heterocycles. The van der Waals surface area contributed by atoms with Gasteiger partial charge in [0.1, 0.15) is 0 Å². The van der Waals surface area contributed by atoms with Gasteiger partial charge in [0.15, 0.2) is 0 Å². The number of methoxy groups -OCH3 is 1. The number of hydrogen-bond acceptors (Lipinski definition) is 13. The number of benzene rings is 2. The number of nitrogens with one attached hydrogen (secondary N) is 2. The average Bonchev–Trinajstić information content (AvgIpc) is 3.26. The van der Waals surface area contributed by atoms with E-state index in [1.165, 1.54) is 63.8 Å². The molecule has 0 atom stereocenters. The standard InChI is InChI=1S/C22H20N8O3S3.C2H4O2.Pb/c1-14-20(21(23)30(27-14)16-6-4-3-5-7-16)22(34)35-29-24-15-8-10-17(11-9-15)36(31,32)28-18-12-13-19(33-2)26-25-18;1-2(3)4;/h3-13,23,34H,1-2H3,(H,25,28);1H3,(H,3,4);/q;;+2/p-2/b22-20-,23-21?,29-24?;;. The number of anilines is 2. The second-order valence-electron chi connectivity index (χ2n) is 7.96. The maximum absolute atomic E-state index is 12.7. The number of sulfonamides is 1. The van der Waals surface area contributed by atoms with Crippen LogP contribution in [-0.2, 0) is 17.5 Å². The van der Waals surface area contributed by atoms with Crippen LogP contribution in [0.25, 0.3) is 0 Å². The molecule has 0 saturated carbocycles. The summed E-state index contributed by atoms with van der Waals surface area (Å²) in [5.74, 6) is 0.130. The van der Waals surface area contributed by atoms with E-state index in [9.17, 15) is 13.2 Å². The maximum atomic E-state index is 12.7. The second kappa shape index (κ2) is 14.0. The molecular formula is C24H22N8O5PbS3. The molecule has 2 radical (unpaired) electrons. The first-order chi connectivity index (χ1) is 19.7. The smallest absolute Gasteiger partial charge is 0.110 e. The van der Waals surface area contributed by atoms with Crippen LogP contribution in [0.15, 0.2) is 96.2 Å². The third-order valence-corrected chi connectivity index (χ3v) is 15.2. The Bertz CT molecular complexity index is 1620. The molecule has 2 N–H and O–H groups in total. The molecule has 0 bridgehead atoms. The Labute approximate surface area is 255 Å². The molecule has 0 aliphatic carbocycles. The molecule has 4 rings (SSSR count). The zero-order chi connectivity index (χ0) is 29.4. The summed E-state index contributed by atoms with van der Waals surface area (Å²) in [7, 11) is -1.10. The van der Waals surface area contributed by atoms with Gasteiger partial charge in [-0.25, -0.2) is 0 Å². The van der Waals surface area contributed by atoms with E-state index in [-0.39, 0.29) is 28.4 Å². The van der Waals surface area contributed by atoms with Crippen LogP contribution in [0.5, 0.6) is 5.88 Å². The van der Waals surface area contributed by atoms with Gasteiger partial charge in [-0.05, 0) is 6.07 Å². The molecule has 1 aliphatic heterocycles. The Morgan fingerprint density at radius 1 is 1.07 bits per heavy atom. The van der Waals surface area contributed by atoms with Gasteiger partial charge in [-0.3, -0.25) is 0 Å². The molecule has 0 fully saturated rings.